The van der Waals surface area contributed by atoms with Gasteiger partial charge in [-0.1, -0.05) is 36.4 Å². The third-order valence-corrected chi connectivity index (χ3v) is 6.96. The van der Waals surface area contributed by atoms with Crippen molar-refractivity contribution < 1.29 is 9.59 Å². The van der Waals surface area contributed by atoms with Gasteiger partial charge in [0.1, 0.15) is 11.4 Å². The van der Waals surface area contributed by atoms with Crippen LogP contribution in [0.3, 0.4) is 0 Å². The summed E-state index contributed by atoms with van der Waals surface area (Å²) in [7, 11) is 0. The largest absolute Gasteiger partial charge is 0.339 e. The summed E-state index contributed by atoms with van der Waals surface area (Å²) in [6.07, 6.45) is 1.41. The van der Waals surface area contributed by atoms with Crippen molar-refractivity contribution in [1.82, 2.24) is 14.5 Å². The van der Waals surface area contributed by atoms with E-state index in [1.807, 2.05) is 51.1 Å². The molecule has 0 saturated heterocycles. The molecule has 0 unspecified atom stereocenters. The summed E-state index contributed by atoms with van der Waals surface area (Å²) in [4.78, 5) is 46.3. The molecule has 0 spiro atoms. The number of rotatable bonds is 7. The molecule has 1 N–H and O–H groups in total. The second-order valence-corrected chi connectivity index (χ2v) is 8.89. The Morgan fingerprint density at radius 2 is 1.79 bits per heavy atom. The van der Waals surface area contributed by atoms with Crippen LogP contribution in [0.5, 0.6) is 0 Å². The number of thiophene rings is 1. The number of hydrogen-bond donors (Lipinski definition) is 1. The fourth-order valence-electron chi connectivity index (χ4n) is 3.92. The maximum Gasteiger partial charge on any atom is 0.262 e. The van der Waals surface area contributed by atoms with Crippen molar-refractivity contribution in [3.05, 3.63) is 82.4 Å². The van der Waals surface area contributed by atoms with Gasteiger partial charge in [-0.05, 0) is 50.1 Å². The summed E-state index contributed by atoms with van der Waals surface area (Å²) in [5.74, 6) is -0.457. The fourth-order valence-corrected chi connectivity index (χ4v) is 5.06. The molecule has 0 aliphatic rings. The first-order valence-electron chi connectivity index (χ1n) is 11.2. The van der Waals surface area contributed by atoms with Gasteiger partial charge in [0.25, 0.3) is 11.5 Å². The number of benzene rings is 2. The smallest absolute Gasteiger partial charge is 0.262 e. The molecule has 7 nitrogen and oxygen atoms in total. The molecular formula is C26H26N4O3S. The Hall–Kier alpha value is -3.78. The lowest BCUT2D eigenvalue weighted by atomic mass is 10.1. The van der Waals surface area contributed by atoms with Crippen LogP contribution in [-0.4, -0.2) is 39.4 Å². The van der Waals surface area contributed by atoms with Crippen molar-refractivity contribution in [2.45, 2.75) is 27.3 Å². The predicted octanol–water partition coefficient (Wildman–Crippen LogP) is 4.55. The minimum atomic E-state index is -0.369. The molecule has 0 aliphatic carbocycles. The van der Waals surface area contributed by atoms with Crippen LogP contribution in [0, 0.1) is 6.92 Å². The van der Waals surface area contributed by atoms with Gasteiger partial charge >= 0.3 is 0 Å². The predicted molar refractivity (Wildman–Crippen MR) is 136 cm³/mol. The number of aromatic nitrogens is 2. The standard InChI is InChI=1S/C26H26N4O3S/c1-4-29(5-2)25(32)19-12-9-13-20(14-19)28-21(31)15-30-16-27-24-22(26(30)33)17(3)23(34-24)18-10-7-6-8-11-18/h6-14,16H,4-5,15H2,1-3H3,(H,28,31). The summed E-state index contributed by atoms with van der Waals surface area (Å²) >= 11 is 1.47. The molecule has 2 amide bonds. The number of hydrogen-bond acceptors (Lipinski definition) is 5. The molecule has 2 heterocycles. The Kier molecular flexibility index (Phi) is 6.88. The summed E-state index contributed by atoms with van der Waals surface area (Å²) in [6.45, 7) is 6.80. The Morgan fingerprint density at radius 1 is 1.06 bits per heavy atom. The number of carbonyl (C=O) groups excluding carboxylic acids is 2. The zero-order valence-corrected chi connectivity index (χ0v) is 20.2. The molecule has 2 aromatic carbocycles. The van der Waals surface area contributed by atoms with E-state index < -0.39 is 0 Å². The summed E-state index contributed by atoms with van der Waals surface area (Å²) in [5.41, 5.74) is 2.65. The van der Waals surface area contributed by atoms with Gasteiger partial charge in [-0.15, -0.1) is 11.3 Å². The van der Waals surface area contributed by atoms with E-state index >= 15 is 0 Å². The lowest BCUT2D eigenvalue weighted by molar-refractivity contribution is -0.116. The van der Waals surface area contributed by atoms with Gasteiger partial charge in [0.05, 0.1) is 11.7 Å². The van der Waals surface area contributed by atoms with E-state index in [1.54, 1.807) is 29.2 Å². The van der Waals surface area contributed by atoms with Crippen LogP contribution >= 0.6 is 11.3 Å². The number of nitrogens with one attached hydrogen (secondary N) is 1. The molecule has 4 aromatic rings. The van der Waals surface area contributed by atoms with E-state index in [0.29, 0.717) is 34.6 Å². The van der Waals surface area contributed by atoms with Crippen LogP contribution < -0.4 is 10.9 Å². The van der Waals surface area contributed by atoms with E-state index in [1.165, 1.54) is 22.2 Å². The maximum atomic E-state index is 13.2. The minimum Gasteiger partial charge on any atom is -0.339 e. The lowest BCUT2D eigenvalue weighted by Crippen LogP contribution is -2.30. The van der Waals surface area contributed by atoms with Gasteiger partial charge in [-0.3, -0.25) is 19.0 Å². The molecule has 34 heavy (non-hydrogen) atoms. The Labute approximate surface area is 201 Å². The van der Waals surface area contributed by atoms with Crippen molar-refractivity contribution in [1.29, 1.82) is 0 Å². The van der Waals surface area contributed by atoms with E-state index in [9.17, 15) is 14.4 Å². The normalized spacial score (nSPS) is 10.9. The zero-order chi connectivity index (χ0) is 24.2. The van der Waals surface area contributed by atoms with Crippen LogP contribution in [0.2, 0.25) is 0 Å². The lowest BCUT2D eigenvalue weighted by Gasteiger charge is -2.19. The Morgan fingerprint density at radius 3 is 2.50 bits per heavy atom. The number of amides is 2. The van der Waals surface area contributed by atoms with Crippen LogP contribution in [0.15, 0.2) is 65.7 Å². The topological polar surface area (TPSA) is 84.3 Å². The van der Waals surface area contributed by atoms with Gasteiger partial charge in [0, 0.05) is 29.2 Å². The van der Waals surface area contributed by atoms with E-state index in [2.05, 4.69) is 10.3 Å². The molecule has 0 atom stereocenters. The quantitative estimate of drug-likeness (QED) is 0.426. The third-order valence-electron chi connectivity index (χ3n) is 5.71. The van der Waals surface area contributed by atoms with Crippen molar-refractivity contribution in [2.24, 2.45) is 0 Å². The summed E-state index contributed by atoms with van der Waals surface area (Å²) < 4.78 is 1.32. The van der Waals surface area contributed by atoms with Crippen LogP contribution in [-0.2, 0) is 11.3 Å². The second-order valence-electron chi connectivity index (χ2n) is 7.89. The average Bonchev–Trinajstić information content (AvgIpc) is 3.19. The van der Waals surface area contributed by atoms with E-state index in [4.69, 9.17) is 0 Å². The molecular weight excluding hydrogens is 448 g/mol. The Bertz CT molecular complexity index is 1400. The molecule has 0 saturated carbocycles. The van der Waals surface area contributed by atoms with Gasteiger partial charge in [0.2, 0.25) is 5.91 Å². The highest BCUT2D eigenvalue weighted by atomic mass is 32.1. The van der Waals surface area contributed by atoms with Crippen molar-refractivity contribution in [3.8, 4) is 10.4 Å². The molecule has 0 bridgehead atoms. The number of anilines is 1. The highest BCUT2D eigenvalue weighted by molar-refractivity contribution is 7.22. The zero-order valence-electron chi connectivity index (χ0n) is 19.4. The van der Waals surface area contributed by atoms with Gasteiger partial charge in [-0.25, -0.2) is 4.98 Å². The highest BCUT2D eigenvalue weighted by Crippen LogP contribution is 2.35. The molecule has 4 rings (SSSR count). The minimum absolute atomic E-state index is 0.0888. The van der Waals surface area contributed by atoms with Crippen molar-refractivity contribution in [3.63, 3.8) is 0 Å². The first-order chi connectivity index (χ1) is 16.4. The molecule has 2 aromatic heterocycles. The first-order valence-corrected chi connectivity index (χ1v) is 12.0. The first kappa shape index (κ1) is 23.4. The molecule has 0 fully saturated rings. The van der Waals surface area contributed by atoms with Gasteiger partial charge in [-0.2, -0.15) is 0 Å². The van der Waals surface area contributed by atoms with Crippen LogP contribution in [0.1, 0.15) is 29.8 Å². The fraction of sp³-hybridized carbons (Fsp3) is 0.231. The Balaban J connectivity index is 1.55. The van der Waals surface area contributed by atoms with E-state index in [-0.39, 0.29) is 23.9 Å². The number of nitrogens with zero attached hydrogens (tertiary/aromatic N) is 3. The number of aryl methyl sites for hydroxylation is 1. The van der Waals surface area contributed by atoms with Gasteiger partial charge in [0.15, 0.2) is 0 Å². The number of fused-ring (bicyclic) bond motifs is 1. The summed E-state index contributed by atoms with van der Waals surface area (Å²) in [6, 6.07) is 16.7. The molecule has 0 aliphatic heterocycles. The van der Waals surface area contributed by atoms with E-state index in [0.717, 1.165) is 16.0 Å². The highest BCUT2D eigenvalue weighted by Gasteiger charge is 2.17. The van der Waals surface area contributed by atoms with Crippen LogP contribution in [0.4, 0.5) is 5.69 Å². The van der Waals surface area contributed by atoms with Crippen molar-refractivity contribution >= 4 is 39.1 Å². The molecule has 174 valence electrons. The second kappa shape index (κ2) is 10.0. The van der Waals surface area contributed by atoms with Gasteiger partial charge < -0.3 is 10.2 Å². The molecule has 8 heteroatoms. The monoisotopic (exact) mass is 474 g/mol. The third kappa shape index (κ3) is 4.63. The SMILES string of the molecule is CCN(CC)C(=O)c1cccc(NC(=O)Cn2cnc3sc(-c4ccccc4)c(C)c3c2=O)c1. The van der Waals surface area contributed by atoms with Crippen LogP contribution in [0.25, 0.3) is 20.7 Å². The molecule has 0 radical (unpaired) electrons. The number of carbonyl (C=O) groups is 2. The summed E-state index contributed by atoms with van der Waals surface area (Å²) in [5, 5.41) is 3.32. The van der Waals surface area contributed by atoms with Crippen molar-refractivity contribution in [2.75, 3.05) is 18.4 Å². The maximum absolute atomic E-state index is 13.2. The average molecular weight is 475 g/mol.